The highest BCUT2D eigenvalue weighted by Gasteiger charge is 2.12. The molecule has 0 aliphatic heterocycles. The van der Waals surface area contributed by atoms with E-state index < -0.39 is 4.92 Å². The Labute approximate surface area is 155 Å². The van der Waals surface area contributed by atoms with Gasteiger partial charge in [0.15, 0.2) is 0 Å². The van der Waals surface area contributed by atoms with Crippen LogP contribution in [0.3, 0.4) is 0 Å². The van der Waals surface area contributed by atoms with E-state index in [4.69, 9.17) is 0 Å². The molecule has 1 aromatic heterocycles. The SMILES string of the molecule is CCCCn1c(N/N=C/c2ccccc2[N+](=O)[O-])nc2ccccc2c1=O. The number of unbranched alkanes of at least 4 members (excludes halogenated alkanes) is 1. The van der Waals surface area contributed by atoms with E-state index in [-0.39, 0.29) is 11.2 Å². The van der Waals surface area contributed by atoms with Crippen LogP contribution in [-0.4, -0.2) is 20.7 Å². The lowest BCUT2D eigenvalue weighted by molar-refractivity contribution is -0.385. The van der Waals surface area contributed by atoms with Crippen LogP contribution in [0, 0.1) is 10.1 Å². The van der Waals surface area contributed by atoms with Gasteiger partial charge in [0.2, 0.25) is 5.95 Å². The summed E-state index contributed by atoms with van der Waals surface area (Å²) in [6.07, 6.45) is 3.10. The third-order valence-corrected chi connectivity index (χ3v) is 4.10. The van der Waals surface area contributed by atoms with Gasteiger partial charge in [-0.2, -0.15) is 5.10 Å². The molecular formula is C19H19N5O3. The smallest absolute Gasteiger partial charge is 0.277 e. The second-order valence-corrected chi connectivity index (χ2v) is 5.95. The minimum atomic E-state index is -0.465. The summed E-state index contributed by atoms with van der Waals surface area (Å²) in [6, 6.07) is 13.4. The van der Waals surface area contributed by atoms with E-state index in [0.717, 1.165) is 12.8 Å². The van der Waals surface area contributed by atoms with Crippen molar-refractivity contribution in [1.29, 1.82) is 0 Å². The average Bonchev–Trinajstić information content (AvgIpc) is 2.68. The summed E-state index contributed by atoms with van der Waals surface area (Å²) < 4.78 is 1.54. The van der Waals surface area contributed by atoms with Crippen LogP contribution >= 0.6 is 0 Å². The van der Waals surface area contributed by atoms with Crippen molar-refractivity contribution in [2.75, 3.05) is 5.43 Å². The van der Waals surface area contributed by atoms with Crippen LogP contribution in [0.15, 0.2) is 58.4 Å². The Kier molecular flexibility index (Phi) is 5.55. The number of hydrogen-bond donors (Lipinski definition) is 1. The number of para-hydroxylation sites is 2. The first-order valence-electron chi connectivity index (χ1n) is 8.64. The van der Waals surface area contributed by atoms with Crippen molar-refractivity contribution in [1.82, 2.24) is 9.55 Å². The summed E-state index contributed by atoms with van der Waals surface area (Å²) in [7, 11) is 0. The molecule has 1 N–H and O–H groups in total. The van der Waals surface area contributed by atoms with E-state index in [9.17, 15) is 14.9 Å². The van der Waals surface area contributed by atoms with Gasteiger partial charge in [-0.3, -0.25) is 19.5 Å². The summed E-state index contributed by atoms with van der Waals surface area (Å²) in [6.45, 7) is 2.55. The van der Waals surface area contributed by atoms with E-state index in [0.29, 0.717) is 29.0 Å². The molecule has 8 nitrogen and oxygen atoms in total. The first kappa shape index (κ1) is 18.2. The molecule has 138 valence electrons. The number of nitro benzene ring substituents is 1. The molecule has 8 heteroatoms. The number of rotatable bonds is 7. The summed E-state index contributed by atoms with van der Waals surface area (Å²) in [5.74, 6) is 0.307. The second-order valence-electron chi connectivity index (χ2n) is 5.95. The first-order valence-corrected chi connectivity index (χ1v) is 8.64. The zero-order valence-electron chi connectivity index (χ0n) is 14.8. The molecule has 1 heterocycles. The van der Waals surface area contributed by atoms with Crippen molar-refractivity contribution in [3.05, 3.63) is 74.6 Å². The standard InChI is InChI=1S/C19H19N5O3/c1-2-3-12-23-18(25)15-9-5-6-10-16(15)21-19(23)22-20-13-14-8-4-7-11-17(14)24(26)27/h4-11,13H,2-3,12H2,1H3,(H,21,22)/b20-13+. The lowest BCUT2D eigenvalue weighted by Gasteiger charge is -2.12. The number of hydrazone groups is 1. The fraction of sp³-hybridized carbons (Fsp3) is 0.211. The van der Waals surface area contributed by atoms with Gasteiger partial charge < -0.3 is 0 Å². The molecule has 0 aliphatic carbocycles. The van der Waals surface area contributed by atoms with E-state index in [1.54, 1.807) is 41.0 Å². The average molecular weight is 365 g/mol. The van der Waals surface area contributed by atoms with Crippen molar-refractivity contribution in [3.63, 3.8) is 0 Å². The Morgan fingerprint density at radius 1 is 1.22 bits per heavy atom. The molecule has 0 spiro atoms. The van der Waals surface area contributed by atoms with Crippen molar-refractivity contribution in [2.45, 2.75) is 26.3 Å². The van der Waals surface area contributed by atoms with Gasteiger partial charge in [0.05, 0.1) is 27.6 Å². The Hall–Kier alpha value is -3.55. The lowest BCUT2D eigenvalue weighted by atomic mass is 10.2. The highest BCUT2D eigenvalue weighted by atomic mass is 16.6. The fourth-order valence-electron chi connectivity index (χ4n) is 2.70. The van der Waals surface area contributed by atoms with Crippen LogP contribution in [-0.2, 0) is 6.54 Å². The van der Waals surface area contributed by atoms with Crippen molar-refractivity contribution in [2.24, 2.45) is 5.10 Å². The van der Waals surface area contributed by atoms with Crippen LogP contribution in [0.4, 0.5) is 11.6 Å². The molecule has 0 saturated heterocycles. The molecule has 0 unspecified atom stereocenters. The summed E-state index contributed by atoms with van der Waals surface area (Å²) in [5.41, 5.74) is 3.51. The predicted molar refractivity (Wildman–Crippen MR) is 105 cm³/mol. The van der Waals surface area contributed by atoms with Crippen molar-refractivity contribution >= 4 is 28.8 Å². The highest BCUT2D eigenvalue weighted by molar-refractivity contribution is 5.85. The van der Waals surface area contributed by atoms with Crippen LogP contribution in [0.25, 0.3) is 10.9 Å². The van der Waals surface area contributed by atoms with Gasteiger partial charge in [-0.05, 0) is 24.6 Å². The van der Waals surface area contributed by atoms with E-state index >= 15 is 0 Å². The zero-order valence-corrected chi connectivity index (χ0v) is 14.8. The summed E-state index contributed by atoms with van der Waals surface area (Å²) in [5, 5.41) is 15.7. The molecule has 0 aliphatic rings. The van der Waals surface area contributed by atoms with Crippen LogP contribution in [0.5, 0.6) is 0 Å². The molecule has 3 aromatic rings. The Morgan fingerprint density at radius 2 is 1.96 bits per heavy atom. The summed E-state index contributed by atoms with van der Waals surface area (Å²) >= 11 is 0. The molecule has 0 fully saturated rings. The number of hydrogen-bond acceptors (Lipinski definition) is 6. The van der Waals surface area contributed by atoms with Gasteiger partial charge >= 0.3 is 0 Å². The number of benzene rings is 2. The summed E-state index contributed by atoms with van der Waals surface area (Å²) in [4.78, 5) is 27.9. The lowest BCUT2D eigenvalue weighted by Crippen LogP contribution is -2.24. The number of nitrogens with zero attached hydrogens (tertiary/aromatic N) is 4. The quantitative estimate of drug-likeness (QED) is 0.392. The van der Waals surface area contributed by atoms with Crippen LogP contribution < -0.4 is 11.0 Å². The van der Waals surface area contributed by atoms with E-state index in [2.05, 4.69) is 15.5 Å². The number of aromatic nitrogens is 2. The van der Waals surface area contributed by atoms with Gasteiger partial charge in [-0.15, -0.1) is 0 Å². The van der Waals surface area contributed by atoms with Gasteiger partial charge in [-0.25, -0.2) is 10.4 Å². The largest absolute Gasteiger partial charge is 0.278 e. The first-order chi connectivity index (χ1) is 13.1. The minimum absolute atomic E-state index is 0.0436. The molecule has 0 amide bonds. The second kappa shape index (κ2) is 8.22. The number of nitro groups is 1. The van der Waals surface area contributed by atoms with Gasteiger partial charge in [0, 0.05) is 12.6 Å². The zero-order chi connectivity index (χ0) is 19.2. The maximum absolute atomic E-state index is 12.8. The van der Waals surface area contributed by atoms with Gasteiger partial charge in [0.1, 0.15) is 0 Å². The Morgan fingerprint density at radius 3 is 2.74 bits per heavy atom. The third-order valence-electron chi connectivity index (χ3n) is 4.10. The van der Waals surface area contributed by atoms with Gasteiger partial charge in [-0.1, -0.05) is 37.6 Å². The molecule has 0 saturated carbocycles. The minimum Gasteiger partial charge on any atom is -0.277 e. The maximum Gasteiger partial charge on any atom is 0.278 e. The normalized spacial score (nSPS) is 11.1. The van der Waals surface area contributed by atoms with Crippen LogP contribution in [0.2, 0.25) is 0 Å². The number of anilines is 1. The highest BCUT2D eigenvalue weighted by Crippen LogP contribution is 2.16. The Bertz CT molecular complexity index is 1060. The maximum atomic E-state index is 12.8. The number of nitrogens with one attached hydrogen (secondary N) is 1. The molecule has 2 aromatic carbocycles. The number of fused-ring (bicyclic) bond motifs is 1. The fourth-order valence-corrected chi connectivity index (χ4v) is 2.70. The topological polar surface area (TPSA) is 102 Å². The Balaban J connectivity index is 1.96. The predicted octanol–water partition coefficient (Wildman–Crippen LogP) is 3.55. The van der Waals surface area contributed by atoms with E-state index in [1.807, 2.05) is 13.0 Å². The van der Waals surface area contributed by atoms with Crippen molar-refractivity contribution < 1.29 is 4.92 Å². The van der Waals surface area contributed by atoms with Crippen molar-refractivity contribution in [3.8, 4) is 0 Å². The monoisotopic (exact) mass is 365 g/mol. The van der Waals surface area contributed by atoms with Crippen LogP contribution in [0.1, 0.15) is 25.3 Å². The molecule has 0 radical (unpaired) electrons. The molecule has 0 bridgehead atoms. The third kappa shape index (κ3) is 4.00. The van der Waals surface area contributed by atoms with E-state index in [1.165, 1.54) is 12.3 Å². The molecule has 27 heavy (non-hydrogen) atoms. The van der Waals surface area contributed by atoms with Gasteiger partial charge in [0.25, 0.3) is 11.2 Å². The molecule has 3 rings (SSSR count). The molecule has 0 atom stereocenters. The molecular weight excluding hydrogens is 346 g/mol.